The lowest BCUT2D eigenvalue weighted by atomic mass is 10.2. The maximum atomic E-state index is 13.6. The van der Waals surface area contributed by atoms with E-state index in [1.54, 1.807) is 18.2 Å². The van der Waals surface area contributed by atoms with Crippen LogP contribution >= 0.6 is 23.4 Å². The van der Waals surface area contributed by atoms with Crippen LogP contribution in [0.25, 0.3) is 16.6 Å². The summed E-state index contributed by atoms with van der Waals surface area (Å²) in [6.45, 7) is 0. The molecule has 0 spiro atoms. The quantitative estimate of drug-likeness (QED) is 0.624. The monoisotopic (exact) mass is 388 g/mol. The van der Waals surface area contributed by atoms with Gasteiger partial charge in [0, 0.05) is 6.42 Å². The fourth-order valence-corrected chi connectivity index (χ4v) is 4.49. The van der Waals surface area contributed by atoms with E-state index in [4.69, 9.17) is 11.6 Å². The third-order valence-electron chi connectivity index (χ3n) is 4.40. The molecule has 1 aliphatic rings. The molecule has 4 rings (SSSR count). The van der Waals surface area contributed by atoms with Crippen molar-refractivity contribution in [1.82, 2.24) is 9.55 Å². The smallest absolute Gasteiger partial charge is 0.266 e. The molecule has 0 N–H and O–H groups in total. The Kier molecular flexibility index (Phi) is 4.54. The van der Waals surface area contributed by atoms with Crippen LogP contribution in [0, 0.1) is 5.82 Å². The van der Waals surface area contributed by atoms with E-state index in [9.17, 15) is 14.0 Å². The highest BCUT2D eigenvalue weighted by atomic mass is 35.5. The normalized spacial score (nSPS) is 17.2. The lowest BCUT2D eigenvalue weighted by Crippen LogP contribution is -2.23. The summed E-state index contributed by atoms with van der Waals surface area (Å²) in [5, 5.41) is 0.576. The van der Waals surface area contributed by atoms with E-state index in [-0.39, 0.29) is 21.6 Å². The molecule has 26 heavy (non-hydrogen) atoms. The summed E-state index contributed by atoms with van der Waals surface area (Å²) in [5.41, 5.74) is 0.716. The van der Waals surface area contributed by atoms with Crippen LogP contribution in [-0.2, 0) is 4.79 Å². The SMILES string of the molecule is O=C1CCCC1Sc1nc2ccccc2c(=O)n1-c1ccc(F)c(Cl)c1. The van der Waals surface area contributed by atoms with Crippen molar-refractivity contribution in [3.05, 3.63) is 63.7 Å². The van der Waals surface area contributed by atoms with E-state index in [0.717, 1.165) is 12.8 Å². The molecule has 0 aliphatic heterocycles. The predicted octanol–water partition coefficient (Wildman–Crippen LogP) is 4.39. The number of rotatable bonds is 3. The first kappa shape index (κ1) is 17.2. The summed E-state index contributed by atoms with van der Waals surface area (Å²) in [6, 6.07) is 11.1. The minimum absolute atomic E-state index is 0.0737. The van der Waals surface area contributed by atoms with E-state index in [1.165, 1.54) is 34.5 Å². The molecule has 0 bridgehead atoms. The van der Waals surface area contributed by atoms with E-state index in [2.05, 4.69) is 4.98 Å². The van der Waals surface area contributed by atoms with Gasteiger partial charge in [-0.3, -0.25) is 14.2 Å². The zero-order valence-corrected chi connectivity index (χ0v) is 15.2. The Labute approximate surface area is 158 Å². The molecular weight excluding hydrogens is 375 g/mol. The Bertz CT molecular complexity index is 1080. The zero-order chi connectivity index (χ0) is 18.3. The van der Waals surface area contributed by atoms with Crippen LogP contribution < -0.4 is 5.56 Å². The van der Waals surface area contributed by atoms with Gasteiger partial charge >= 0.3 is 0 Å². The molecule has 7 heteroatoms. The number of Topliss-reactive ketones (excluding diaryl/α,β-unsaturated/α-hetero) is 1. The fourth-order valence-electron chi connectivity index (χ4n) is 3.08. The van der Waals surface area contributed by atoms with Gasteiger partial charge in [0.1, 0.15) is 11.6 Å². The van der Waals surface area contributed by atoms with Gasteiger partial charge in [-0.25, -0.2) is 9.37 Å². The van der Waals surface area contributed by atoms with Crippen LogP contribution in [0.4, 0.5) is 4.39 Å². The largest absolute Gasteiger partial charge is 0.298 e. The topological polar surface area (TPSA) is 52.0 Å². The summed E-state index contributed by atoms with van der Waals surface area (Å²) < 4.78 is 15.0. The molecule has 1 heterocycles. The summed E-state index contributed by atoms with van der Waals surface area (Å²) >= 11 is 7.19. The van der Waals surface area contributed by atoms with Crippen molar-refractivity contribution in [1.29, 1.82) is 0 Å². The number of thioether (sulfide) groups is 1. The molecule has 2 aromatic carbocycles. The molecule has 1 saturated carbocycles. The van der Waals surface area contributed by atoms with E-state index >= 15 is 0 Å². The van der Waals surface area contributed by atoms with Crippen molar-refractivity contribution in [2.75, 3.05) is 0 Å². The van der Waals surface area contributed by atoms with Gasteiger partial charge in [-0.2, -0.15) is 0 Å². The molecule has 1 unspecified atom stereocenters. The van der Waals surface area contributed by atoms with Gasteiger partial charge < -0.3 is 0 Å². The number of carbonyl (C=O) groups is 1. The van der Waals surface area contributed by atoms with E-state index in [0.29, 0.717) is 28.2 Å². The Morgan fingerprint density at radius 2 is 2.00 bits per heavy atom. The number of fused-ring (bicyclic) bond motifs is 1. The van der Waals surface area contributed by atoms with Crippen molar-refractivity contribution in [3.63, 3.8) is 0 Å². The molecule has 0 saturated heterocycles. The molecule has 132 valence electrons. The highest BCUT2D eigenvalue weighted by molar-refractivity contribution is 8.00. The van der Waals surface area contributed by atoms with Gasteiger partial charge in [-0.05, 0) is 43.2 Å². The molecule has 1 fully saturated rings. The highest BCUT2D eigenvalue weighted by Gasteiger charge is 2.28. The second-order valence-corrected chi connectivity index (χ2v) is 7.69. The standard InChI is InChI=1S/C19H14ClFN2O2S/c20-13-10-11(8-9-14(13)21)23-18(25)12-4-1-2-5-15(12)22-19(23)26-17-7-3-6-16(17)24/h1-2,4-5,8-10,17H,3,6-7H2. The number of nitrogens with zero attached hydrogens (tertiary/aromatic N) is 2. The van der Waals surface area contributed by atoms with Crippen molar-refractivity contribution in [2.24, 2.45) is 0 Å². The average Bonchev–Trinajstić information content (AvgIpc) is 3.03. The van der Waals surface area contributed by atoms with Gasteiger partial charge in [0.25, 0.3) is 5.56 Å². The maximum absolute atomic E-state index is 13.6. The van der Waals surface area contributed by atoms with Gasteiger partial charge in [-0.1, -0.05) is 35.5 Å². The number of carbonyl (C=O) groups excluding carboxylic acids is 1. The van der Waals surface area contributed by atoms with Gasteiger partial charge in [0.15, 0.2) is 5.16 Å². The number of hydrogen-bond donors (Lipinski definition) is 0. The molecule has 3 aromatic rings. The fraction of sp³-hybridized carbons (Fsp3) is 0.211. The minimum atomic E-state index is -0.558. The van der Waals surface area contributed by atoms with Gasteiger partial charge in [-0.15, -0.1) is 0 Å². The van der Waals surface area contributed by atoms with Crippen LogP contribution in [0.1, 0.15) is 19.3 Å². The Balaban J connectivity index is 1.94. The number of para-hydroxylation sites is 1. The maximum Gasteiger partial charge on any atom is 0.266 e. The Morgan fingerprint density at radius 3 is 2.73 bits per heavy atom. The lowest BCUT2D eigenvalue weighted by molar-refractivity contribution is -0.116. The molecule has 1 aromatic heterocycles. The van der Waals surface area contributed by atoms with Crippen molar-refractivity contribution in [3.8, 4) is 5.69 Å². The summed E-state index contributed by atoms with van der Waals surface area (Å²) in [5.74, 6) is -0.390. The number of halogens is 2. The minimum Gasteiger partial charge on any atom is -0.298 e. The molecule has 4 nitrogen and oxygen atoms in total. The van der Waals surface area contributed by atoms with Crippen molar-refractivity contribution < 1.29 is 9.18 Å². The molecule has 1 atom stereocenters. The summed E-state index contributed by atoms with van der Waals surface area (Å²) in [6.07, 6.45) is 2.16. The highest BCUT2D eigenvalue weighted by Crippen LogP contribution is 2.33. The number of ketones is 1. The number of aromatic nitrogens is 2. The average molecular weight is 389 g/mol. The first-order chi connectivity index (χ1) is 12.5. The van der Waals surface area contributed by atoms with Crippen LogP contribution in [0.15, 0.2) is 52.4 Å². The first-order valence-electron chi connectivity index (χ1n) is 8.21. The summed E-state index contributed by atoms with van der Waals surface area (Å²) in [4.78, 5) is 29.8. The van der Waals surface area contributed by atoms with Gasteiger partial charge in [0.2, 0.25) is 0 Å². The van der Waals surface area contributed by atoms with Crippen molar-refractivity contribution >= 4 is 40.0 Å². The van der Waals surface area contributed by atoms with Crippen LogP contribution in [0.3, 0.4) is 0 Å². The molecule has 0 amide bonds. The number of hydrogen-bond acceptors (Lipinski definition) is 4. The van der Waals surface area contributed by atoms with Crippen LogP contribution in [0.5, 0.6) is 0 Å². The van der Waals surface area contributed by atoms with Crippen molar-refractivity contribution in [2.45, 2.75) is 29.7 Å². The number of benzene rings is 2. The second kappa shape index (κ2) is 6.85. The second-order valence-electron chi connectivity index (χ2n) is 6.12. The van der Waals surface area contributed by atoms with Gasteiger partial charge in [0.05, 0.1) is 26.9 Å². The van der Waals surface area contributed by atoms with Crippen LogP contribution in [-0.4, -0.2) is 20.6 Å². The summed E-state index contributed by atoms with van der Waals surface area (Å²) in [7, 11) is 0. The Hall–Kier alpha value is -2.18. The predicted molar refractivity (Wildman–Crippen MR) is 101 cm³/mol. The van der Waals surface area contributed by atoms with Crippen LogP contribution in [0.2, 0.25) is 5.02 Å². The third kappa shape index (κ3) is 3.04. The van der Waals surface area contributed by atoms with E-state index < -0.39 is 5.82 Å². The third-order valence-corrected chi connectivity index (χ3v) is 5.96. The first-order valence-corrected chi connectivity index (χ1v) is 9.47. The van der Waals surface area contributed by atoms with E-state index in [1.807, 2.05) is 6.07 Å². The lowest BCUT2D eigenvalue weighted by Gasteiger charge is -2.15. The molecule has 1 aliphatic carbocycles. The zero-order valence-electron chi connectivity index (χ0n) is 13.6. The Morgan fingerprint density at radius 1 is 1.19 bits per heavy atom. The molecule has 0 radical (unpaired) electrons. The molecular formula is C19H14ClFN2O2S.